The number of nitrogens with zero attached hydrogens (tertiary/aromatic N) is 1. The Bertz CT molecular complexity index is 392. The van der Waals surface area contributed by atoms with Crippen LogP contribution < -0.4 is 10.5 Å². The maximum absolute atomic E-state index is 5.73. The first-order valence-corrected chi connectivity index (χ1v) is 6.13. The van der Waals surface area contributed by atoms with E-state index in [9.17, 15) is 0 Å². The van der Waals surface area contributed by atoms with Crippen LogP contribution in [-0.2, 0) is 4.74 Å². The number of hydrogen-bond donors (Lipinski definition) is 1. The van der Waals surface area contributed by atoms with Crippen molar-refractivity contribution in [2.75, 3.05) is 19.8 Å². The van der Waals surface area contributed by atoms with Crippen LogP contribution >= 0.6 is 12.2 Å². The zero-order valence-electron chi connectivity index (χ0n) is 9.59. The molecule has 1 saturated heterocycles. The molecule has 1 aliphatic rings. The van der Waals surface area contributed by atoms with Gasteiger partial charge in [0.1, 0.15) is 16.4 Å². The van der Waals surface area contributed by atoms with Crippen LogP contribution in [0.4, 0.5) is 0 Å². The molecule has 1 fully saturated rings. The van der Waals surface area contributed by atoms with Crippen molar-refractivity contribution in [3.05, 3.63) is 24.0 Å². The summed E-state index contributed by atoms with van der Waals surface area (Å²) in [6.07, 6.45) is 3.79. The Labute approximate surface area is 106 Å². The maximum atomic E-state index is 5.73. The van der Waals surface area contributed by atoms with Crippen molar-refractivity contribution in [2.24, 2.45) is 11.7 Å². The van der Waals surface area contributed by atoms with E-state index in [4.69, 9.17) is 27.4 Å². The molecule has 4 nitrogen and oxygen atoms in total. The van der Waals surface area contributed by atoms with Crippen molar-refractivity contribution in [2.45, 2.75) is 12.8 Å². The normalized spacial score (nSPS) is 16.7. The maximum Gasteiger partial charge on any atom is 0.123 e. The molecule has 0 aromatic carbocycles. The Morgan fingerprint density at radius 2 is 2.29 bits per heavy atom. The van der Waals surface area contributed by atoms with E-state index in [1.165, 1.54) is 0 Å². The van der Waals surface area contributed by atoms with Gasteiger partial charge in [-0.15, -0.1) is 0 Å². The molecule has 5 heteroatoms. The van der Waals surface area contributed by atoms with Crippen molar-refractivity contribution in [1.29, 1.82) is 0 Å². The highest BCUT2D eigenvalue weighted by molar-refractivity contribution is 7.80. The van der Waals surface area contributed by atoms with E-state index >= 15 is 0 Å². The van der Waals surface area contributed by atoms with Gasteiger partial charge < -0.3 is 15.2 Å². The lowest BCUT2D eigenvalue weighted by Crippen LogP contribution is -2.21. The van der Waals surface area contributed by atoms with Crippen LogP contribution in [0.25, 0.3) is 0 Å². The summed E-state index contributed by atoms with van der Waals surface area (Å²) in [5.74, 6) is 1.35. The lowest BCUT2D eigenvalue weighted by molar-refractivity contribution is 0.0497. The average Bonchev–Trinajstić information content (AvgIpc) is 2.38. The largest absolute Gasteiger partial charge is 0.493 e. The number of nitrogens with two attached hydrogens (primary N) is 1. The van der Waals surface area contributed by atoms with Gasteiger partial charge in [0.05, 0.1) is 6.61 Å². The summed E-state index contributed by atoms with van der Waals surface area (Å²) in [5, 5.41) is 0. The second kappa shape index (κ2) is 5.93. The fourth-order valence-electron chi connectivity index (χ4n) is 1.76. The number of ether oxygens (including phenoxy) is 2. The van der Waals surface area contributed by atoms with E-state index in [1.807, 2.05) is 6.07 Å². The van der Waals surface area contributed by atoms with Gasteiger partial charge in [-0.3, -0.25) is 4.98 Å². The summed E-state index contributed by atoms with van der Waals surface area (Å²) in [4.78, 5) is 4.36. The van der Waals surface area contributed by atoms with Gasteiger partial charge in [-0.2, -0.15) is 0 Å². The van der Waals surface area contributed by atoms with Crippen molar-refractivity contribution >= 4 is 17.2 Å². The van der Waals surface area contributed by atoms with Crippen molar-refractivity contribution < 1.29 is 9.47 Å². The van der Waals surface area contributed by atoms with E-state index in [-0.39, 0.29) is 0 Å². The Kier molecular flexibility index (Phi) is 4.28. The topological polar surface area (TPSA) is 57.4 Å². The molecule has 0 atom stereocenters. The molecule has 0 saturated carbocycles. The molecule has 0 unspecified atom stereocenters. The summed E-state index contributed by atoms with van der Waals surface area (Å²) < 4.78 is 11.0. The first-order valence-electron chi connectivity index (χ1n) is 5.72. The van der Waals surface area contributed by atoms with E-state index in [1.54, 1.807) is 12.3 Å². The molecule has 1 aromatic heterocycles. The molecule has 1 aliphatic heterocycles. The van der Waals surface area contributed by atoms with Crippen LogP contribution in [0.1, 0.15) is 18.5 Å². The molecule has 0 bridgehead atoms. The summed E-state index contributed by atoms with van der Waals surface area (Å²) >= 11 is 4.87. The van der Waals surface area contributed by atoms with Gasteiger partial charge in [0.15, 0.2) is 0 Å². The van der Waals surface area contributed by atoms with Gasteiger partial charge in [0.25, 0.3) is 0 Å². The predicted molar refractivity (Wildman–Crippen MR) is 69.2 cm³/mol. The van der Waals surface area contributed by atoms with Gasteiger partial charge in [0, 0.05) is 25.5 Å². The zero-order chi connectivity index (χ0) is 12.1. The van der Waals surface area contributed by atoms with Gasteiger partial charge in [-0.1, -0.05) is 12.2 Å². The van der Waals surface area contributed by atoms with Crippen LogP contribution in [0.15, 0.2) is 18.3 Å². The number of thiocarbonyl (C=S) groups is 1. The quantitative estimate of drug-likeness (QED) is 0.823. The van der Waals surface area contributed by atoms with E-state index in [2.05, 4.69) is 4.98 Å². The minimum absolute atomic E-state index is 0.293. The fourth-order valence-corrected chi connectivity index (χ4v) is 1.87. The molecule has 2 N–H and O–H groups in total. The van der Waals surface area contributed by atoms with Crippen molar-refractivity contribution in [3.63, 3.8) is 0 Å². The Morgan fingerprint density at radius 1 is 1.53 bits per heavy atom. The summed E-state index contributed by atoms with van der Waals surface area (Å²) in [6.45, 7) is 2.38. The van der Waals surface area contributed by atoms with E-state index in [0.717, 1.165) is 31.8 Å². The molecular formula is C12H16N2O2S. The van der Waals surface area contributed by atoms with E-state index in [0.29, 0.717) is 23.2 Å². The fraction of sp³-hybridized carbons (Fsp3) is 0.500. The van der Waals surface area contributed by atoms with Gasteiger partial charge in [0.2, 0.25) is 0 Å². The van der Waals surface area contributed by atoms with Crippen LogP contribution in [0.5, 0.6) is 5.75 Å². The minimum Gasteiger partial charge on any atom is -0.493 e. The molecule has 1 aromatic rings. The monoisotopic (exact) mass is 252 g/mol. The second-order valence-corrected chi connectivity index (χ2v) is 4.55. The first-order chi connectivity index (χ1) is 8.25. The minimum atomic E-state index is 0.293. The molecule has 0 radical (unpaired) electrons. The third kappa shape index (κ3) is 3.64. The summed E-state index contributed by atoms with van der Waals surface area (Å²) in [7, 11) is 0. The van der Waals surface area contributed by atoms with Gasteiger partial charge in [-0.05, 0) is 24.8 Å². The van der Waals surface area contributed by atoms with Gasteiger partial charge >= 0.3 is 0 Å². The third-order valence-electron chi connectivity index (χ3n) is 2.81. The molecule has 0 spiro atoms. The molecular weight excluding hydrogens is 236 g/mol. The highest BCUT2D eigenvalue weighted by Crippen LogP contribution is 2.18. The number of aromatic nitrogens is 1. The third-order valence-corrected chi connectivity index (χ3v) is 3.02. The standard InChI is InChI=1S/C12H16N2O2S/c13-12(17)11-7-10(1-4-14-11)16-8-9-2-5-15-6-3-9/h1,4,7,9H,2-3,5-6,8H2,(H2,13,17). The average molecular weight is 252 g/mol. The first kappa shape index (κ1) is 12.3. The van der Waals surface area contributed by atoms with Crippen LogP contribution in [-0.4, -0.2) is 29.8 Å². The molecule has 2 rings (SSSR count). The van der Waals surface area contributed by atoms with Gasteiger partial charge in [-0.25, -0.2) is 0 Å². The Balaban J connectivity index is 1.89. The highest BCUT2D eigenvalue weighted by Gasteiger charge is 2.14. The molecule has 17 heavy (non-hydrogen) atoms. The Morgan fingerprint density at radius 3 is 3.00 bits per heavy atom. The van der Waals surface area contributed by atoms with Crippen LogP contribution in [0.3, 0.4) is 0 Å². The lowest BCUT2D eigenvalue weighted by Gasteiger charge is -2.22. The molecule has 0 amide bonds. The number of pyridine rings is 1. The zero-order valence-corrected chi connectivity index (χ0v) is 10.4. The van der Waals surface area contributed by atoms with Crippen molar-refractivity contribution in [3.8, 4) is 5.75 Å². The highest BCUT2D eigenvalue weighted by atomic mass is 32.1. The van der Waals surface area contributed by atoms with Crippen LogP contribution in [0, 0.1) is 5.92 Å². The summed E-state index contributed by atoms with van der Waals surface area (Å²) in [6, 6.07) is 3.60. The SMILES string of the molecule is NC(=S)c1cc(OCC2CCOCC2)ccn1. The predicted octanol–water partition coefficient (Wildman–Crippen LogP) is 1.52. The number of hydrogen-bond acceptors (Lipinski definition) is 4. The summed E-state index contributed by atoms with van der Waals surface area (Å²) in [5.41, 5.74) is 6.12. The Hall–Kier alpha value is -1.20. The van der Waals surface area contributed by atoms with Crippen molar-refractivity contribution in [1.82, 2.24) is 4.98 Å². The van der Waals surface area contributed by atoms with Crippen LogP contribution in [0.2, 0.25) is 0 Å². The molecule has 92 valence electrons. The lowest BCUT2D eigenvalue weighted by atomic mass is 10.0. The molecule has 0 aliphatic carbocycles. The number of rotatable bonds is 4. The second-order valence-electron chi connectivity index (χ2n) is 4.11. The van der Waals surface area contributed by atoms with E-state index < -0.39 is 0 Å². The molecule has 2 heterocycles. The smallest absolute Gasteiger partial charge is 0.123 e.